The molecule has 2 aromatic rings. The summed E-state index contributed by atoms with van der Waals surface area (Å²) in [7, 11) is -2.52. The zero-order valence-corrected chi connectivity index (χ0v) is 17.0. The number of carbonyl (C=O) groups excluding carboxylic acids is 1. The molecule has 1 heterocycles. The molecule has 7 heteroatoms. The minimum atomic E-state index is -3.93. The molecule has 3 atom stereocenters. The highest BCUT2D eigenvalue weighted by atomic mass is 32.2. The Kier molecular flexibility index (Phi) is 5.61. The van der Waals surface area contributed by atoms with Gasteiger partial charge in [0.2, 0.25) is 5.91 Å². The summed E-state index contributed by atoms with van der Waals surface area (Å²) in [4.78, 5) is 14.5. The third kappa shape index (κ3) is 3.70. The molecule has 3 unspecified atom stereocenters. The number of aliphatic hydroxyl groups is 1. The monoisotopic (exact) mass is 403 g/mol. The summed E-state index contributed by atoms with van der Waals surface area (Å²) >= 11 is 0. The van der Waals surface area contributed by atoms with E-state index in [2.05, 4.69) is 0 Å². The van der Waals surface area contributed by atoms with E-state index in [0.29, 0.717) is 0 Å². The topological polar surface area (TPSA) is 83.9 Å². The summed E-state index contributed by atoms with van der Waals surface area (Å²) in [6.45, 7) is 3.44. The van der Waals surface area contributed by atoms with Crippen molar-refractivity contribution >= 4 is 15.7 Å². The van der Waals surface area contributed by atoms with Crippen molar-refractivity contribution < 1.29 is 23.1 Å². The van der Waals surface area contributed by atoms with Crippen LogP contribution in [-0.2, 0) is 25.9 Å². The van der Waals surface area contributed by atoms with E-state index < -0.39 is 32.8 Å². The fourth-order valence-corrected chi connectivity index (χ4v) is 5.23. The highest BCUT2D eigenvalue weighted by Gasteiger charge is 2.53. The quantitative estimate of drug-likeness (QED) is 0.828. The molecule has 1 amide bonds. The van der Waals surface area contributed by atoms with Gasteiger partial charge in [-0.25, -0.2) is 8.42 Å². The van der Waals surface area contributed by atoms with Gasteiger partial charge in [0.05, 0.1) is 4.90 Å². The second kappa shape index (κ2) is 7.66. The molecule has 0 aromatic heterocycles. The largest absolute Gasteiger partial charge is 0.376 e. The second-order valence-electron chi connectivity index (χ2n) is 7.31. The lowest BCUT2D eigenvalue weighted by molar-refractivity contribution is -0.205. The summed E-state index contributed by atoms with van der Waals surface area (Å²) in [5, 5.41) is 9.69. The molecule has 1 aliphatic heterocycles. The van der Waals surface area contributed by atoms with Gasteiger partial charge in [-0.05, 0) is 31.5 Å². The van der Waals surface area contributed by atoms with E-state index in [-0.39, 0.29) is 17.9 Å². The number of piperidine rings is 1. The van der Waals surface area contributed by atoms with Gasteiger partial charge in [0.25, 0.3) is 0 Å². The molecule has 1 fully saturated rings. The molecule has 28 heavy (non-hydrogen) atoms. The van der Waals surface area contributed by atoms with Crippen LogP contribution in [0, 0.1) is 6.92 Å². The van der Waals surface area contributed by atoms with E-state index in [1.165, 1.54) is 31.1 Å². The van der Waals surface area contributed by atoms with E-state index in [1.54, 1.807) is 12.1 Å². The minimum Gasteiger partial charge on any atom is -0.376 e. The number of hydrogen-bond acceptors (Lipinski definition) is 5. The summed E-state index contributed by atoms with van der Waals surface area (Å²) in [6.07, 6.45) is -0.941. The van der Waals surface area contributed by atoms with Gasteiger partial charge >= 0.3 is 0 Å². The highest BCUT2D eigenvalue weighted by Crippen LogP contribution is 2.35. The van der Waals surface area contributed by atoms with Crippen molar-refractivity contribution in [2.75, 3.05) is 7.11 Å². The molecular weight excluding hydrogens is 378 g/mol. The van der Waals surface area contributed by atoms with Gasteiger partial charge < -0.3 is 14.7 Å². The Morgan fingerprint density at radius 1 is 1.14 bits per heavy atom. The maximum atomic E-state index is 13.2. The highest BCUT2D eigenvalue weighted by molar-refractivity contribution is 7.92. The first-order chi connectivity index (χ1) is 13.2. The van der Waals surface area contributed by atoms with E-state index in [1.807, 2.05) is 37.3 Å². The van der Waals surface area contributed by atoms with Crippen molar-refractivity contribution in [3.8, 4) is 0 Å². The first kappa shape index (κ1) is 20.5. The van der Waals surface area contributed by atoms with Gasteiger partial charge in [-0.15, -0.1) is 0 Å². The van der Waals surface area contributed by atoms with Crippen molar-refractivity contribution in [2.24, 2.45) is 0 Å². The van der Waals surface area contributed by atoms with Gasteiger partial charge in [0.15, 0.2) is 15.6 Å². The Balaban J connectivity index is 2.00. The number of hydrogen-bond donors (Lipinski definition) is 1. The third-order valence-corrected chi connectivity index (χ3v) is 7.39. The van der Waals surface area contributed by atoms with Crippen molar-refractivity contribution in [1.82, 2.24) is 4.90 Å². The van der Waals surface area contributed by atoms with Crippen molar-refractivity contribution in [2.45, 2.75) is 48.8 Å². The predicted octanol–water partition coefficient (Wildman–Crippen LogP) is 2.29. The van der Waals surface area contributed by atoms with E-state index in [4.69, 9.17) is 4.74 Å². The average Bonchev–Trinajstić information content (AvgIpc) is 2.66. The lowest BCUT2D eigenvalue weighted by Gasteiger charge is -2.47. The lowest BCUT2D eigenvalue weighted by atomic mass is 9.94. The van der Waals surface area contributed by atoms with Crippen LogP contribution in [0.2, 0.25) is 0 Å². The van der Waals surface area contributed by atoms with Crippen molar-refractivity contribution in [3.63, 3.8) is 0 Å². The standard InChI is InChI=1S/C21H25NO5S/c1-15-9-11-17(12-10-15)28(25,26)18-13-19(27-3)21(2,24)22(20(18)23)14-16-7-5-4-6-8-16/h4-12,18-19,24H,13-14H2,1-3H3. The Bertz CT molecular complexity index is 939. The van der Waals surface area contributed by atoms with Crippen LogP contribution in [0.15, 0.2) is 59.5 Å². The SMILES string of the molecule is COC1CC(S(=O)(=O)c2ccc(C)cc2)C(=O)N(Cc2ccccc2)C1(C)O. The predicted molar refractivity (Wildman–Crippen MR) is 105 cm³/mol. The molecule has 0 saturated carbocycles. The fourth-order valence-electron chi connectivity index (χ4n) is 3.56. The van der Waals surface area contributed by atoms with Crippen LogP contribution in [0.4, 0.5) is 0 Å². The summed E-state index contributed by atoms with van der Waals surface area (Å²) in [5.41, 5.74) is 0.0951. The molecule has 0 bridgehead atoms. The van der Waals surface area contributed by atoms with Gasteiger partial charge in [-0.2, -0.15) is 0 Å². The van der Waals surface area contributed by atoms with Gasteiger partial charge in [0, 0.05) is 20.1 Å². The molecule has 1 aliphatic rings. The average molecular weight is 404 g/mol. The van der Waals surface area contributed by atoms with E-state index >= 15 is 0 Å². The number of aryl methyl sites for hydroxylation is 1. The van der Waals surface area contributed by atoms with Crippen LogP contribution in [0.25, 0.3) is 0 Å². The molecule has 0 spiro atoms. The molecule has 150 valence electrons. The van der Waals surface area contributed by atoms with Crippen LogP contribution in [-0.4, -0.2) is 48.5 Å². The molecule has 3 rings (SSSR count). The number of nitrogens with zero attached hydrogens (tertiary/aromatic N) is 1. The molecule has 2 aromatic carbocycles. The number of rotatable bonds is 5. The summed E-state index contributed by atoms with van der Waals surface area (Å²) < 4.78 is 31.8. The van der Waals surface area contributed by atoms with Crippen LogP contribution in [0.5, 0.6) is 0 Å². The Hall–Kier alpha value is -2.22. The Morgan fingerprint density at radius 3 is 2.32 bits per heavy atom. The molecule has 0 radical (unpaired) electrons. The Labute approximate surface area is 165 Å². The minimum absolute atomic E-state index is 0.0897. The van der Waals surface area contributed by atoms with Crippen molar-refractivity contribution in [1.29, 1.82) is 0 Å². The zero-order valence-electron chi connectivity index (χ0n) is 16.2. The number of carbonyl (C=O) groups is 1. The van der Waals surface area contributed by atoms with Crippen LogP contribution in [0.3, 0.4) is 0 Å². The van der Waals surface area contributed by atoms with Crippen LogP contribution >= 0.6 is 0 Å². The molecular formula is C21H25NO5S. The number of methoxy groups -OCH3 is 1. The van der Waals surface area contributed by atoms with Crippen LogP contribution in [0.1, 0.15) is 24.5 Å². The second-order valence-corrected chi connectivity index (χ2v) is 9.44. The smallest absolute Gasteiger partial charge is 0.244 e. The summed E-state index contributed by atoms with van der Waals surface area (Å²) in [5.74, 6) is -0.622. The zero-order chi connectivity index (χ0) is 20.5. The third-order valence-electron chi connectivity index (χ3n) is 5.32. The molecule has 6 nitrogen and oxygen atoms in total. The van der Waals surface area contributed by atoms with Gasteiger partial charge in [-0.3, -0.25) is 4.79 Å². The van der Waals surface area contributed by atoms with Crippen LogP contribution < -0.4 is 0 Å². The molecule has 1 saturated heterocycles. The first-order valence-corrected chi connectivity index (χ1v) is 10.6. The Morgan fingerprint density at radius 2 is 1.75 bits per heavy atom. The number of ether oxygens (including phenoxy) is 1. The fraction of sp³-hybridized carbons (Fsp3) is 0.381. The maximum Gasteiger partial charge on any atom is 0.244 e. The van der Waals surface area contributed by atoms with Gasteiger partial charge in [0.1, 0.15) is 11.4 Å². The maximum absolute atomic E-state index is 13.2. The van der Waals surface area contributed by atoms with E-state index in [9.17, 15) is 18.3 Å². The lowest BCUT2D eigenvalue weighted by Crippen LogP contribution is -2.65. The summed E-state index contributed by atoms with van der Waals surface area (Å²) in [6, 6.07) is 15.6. The number of amides is 1. The molecule has 0 aliphatic carbocycles. The first-order valence-electron chi connectivity index (χ1n) is 9.09. The van der Waals surface area contributed by atoms with E-state index in [0.717, 1.165) is 11.1 Å². The van der Waals surface area contributed by atoms with Crippen molar-refractivity contribution in [3.05, 3.63) is 65.7 Å². The van der Waals surface area contributed by atoms with Gasteiger partial charge in [-0.1, -0.05) is 48.0 Å². The normalized spacial score (nSPS) is 25.7. The number of likely N-dealkylation sites (tertiary alicyclic amines) is 1. The number of benzene rings is 2. The molecule has 1 N–H and O–H groups in total. The number of sulfone groups is 1.